The van der Waals surface area contributed by atoms with E-state index in [0.29, 0.717) is 19.8 Å². The first kappa shape index (κ1) is 14.3. The summed E-state index contributed by atoms with van der Waals surface area (Å²) in [5.41, 5.74) is 2.57. The van der Waals surface area contributed by atoms with Crippen LogP contribution in [0.25, 0.3) is 22.3 Å². The molecule has 1 saturated heterocycles. The van der Waals surface area contributed by atoms with Crippen LogP contribution in [0, 0.1) is 0 Å². The number of aromatic nitrogens is 4. The van der Waals surface area contributed by atoms with E-state index in [1.807, 2.05) is 36.5 Å². The van der Waals surface area contributed by atoms with Gasteiger partial charge in [0.25, 0.3) is 0 Å². The van der Waals surface area contributed by atoms with Gasteiger partial charge in [-0.05, 0) is 18.6 Å². The van der Waals surface area contributed by atoms with Crippen molar-refractivity contribution in [2.75, 3.05) is 19.8 Å². The summed E-state index contributed by atoms with van der Waals surface area (Å²) in [5.74, 6) is 0. The SMILES string of the molecule is c1ccc2nc(-c3cn(CCOC4CCOC4)nn3)ccc2c1. The molecule has 1 aliphatic heterocycles. The Morgan fingerprint density at radius 3 is 3.04 bits per heavy atom. The molecule has 0 amide bonds. The molecule has 118 valence electrons. The maximum Gasteiger partial charge on any atom is 0.131 e. The van der Waals surface area contributed by atoms with Crippen LogP contribution in [0.15, 0.2) is 42.6 Å². The van der Waals surface area contributed by atoms with Crippen LogP contribution in [0.5, 0.6) is 0 Å². The summed E-state index contributed by atoms with van der Waals surface area (Å²) in [5, 5.41) is 9.49. The fraction of sp³-hybridized carbons (Fsp3) is 0.353. The standard InChI is InChI=1S/C17H18N4O2/c1-2-4-15-13(3-1)5-6-16(18-15)17-11-21(20-19-17)8-10-23-14-7-9-22-12-14/h1-6,11,14H,7-10,12H2. The zero-order valence-corrected chi connectivity index (χ0v) is 12.8. The van der Waals surface area contributed by atoms with Crippen molar-refractivity contribution >= 4 is 10.9 Å². The van der Waals surface area contributed by atoms with Gasteiger partial charge < -0.3 is 9.47 Å². The molecular weight excluding hydrogens is 292 g/mol. The largest absolute Gasteiger partial charge is 0.379 e. The molecule has 1 aliphatic rings. The molecule has 0 spiro atoms. The number of fused-ring (bicyclic) bond motifs is 1. The van der Waals surface area contributed by atoms with Crippen LogP contribution < -0.4 is 0 Å². The van der Waals surface area contributed by atoms with Crippen molar-refractivity contribution in [3.63, 3.8) is 0 Å². The second-order valence-corrected chi connectivity index (χ2v) is 5.61. The summed E-state index contributed by atoms with van der Waals surface area (Å²) in [6.07, 6.45) is 3.11. The van der Waals surface area contributed by atoms with Crippen molar-refractivity contribution in [3.05, 3.63) is 42.6 Å². The zero-order chi connectivity index (χ0) is 15.5. The molecule has 3 aromatic rings. The molecule has 1 atom stereocenters. The van der Waals surface area contributed by atoms with Crippen LogP contribution in [0.3, 0.4) is 0 Å². The third kappa shape index (κ3) is 3.23. The van der Waals surface area contributed by atoms with Gasteiger partial charge in [-0.15, -0.1) is 5.10 Å². The third-order valence-electron chi connectivity index (χ3n) is 3.96. The average Bonchev–Trinajstić information content (AvgIpc) is 3.26. The van der Waals surface area contributed by atoms with E-state index < -0.39 is 0 Å². The highest BCUT2D eigenvalue weighted by Gasteiger charge is 2.15. The first-order valence-corrected chi connectivity index (χ1v) is 7.84. The van der Waals surface area contributed by atoms with Crippen LogP contribution in [-0.2, 0) is 16.0 Å². The number of ether oxygens (including phenoxy) is 2. The first-order valence-electron chi connectivity index (χ1n) is 7.84. The predicted molar refractivity (Wildman–Crippen MR) is 85.9 cm³/mol. The molecule has 6 nitrogen and oxygen atoms in total. The number of hydrogen-bond donors (Lipinski definition) is 0. The number of nitrogens with zero attached hydrogens (tertiary/aromatic N) is 4. The molecule has 0 saturated carbocycles. The van der Waals surface area contributed by atoms with Crippen molar-refractivity contribution in [2.45, 2.75) is 19.1 Å². The molecule has 1 unspecified atom stereocenters. The lowest BCUT2D eigenvalue weighted by atomic mass is 10.2. The fourth-order valence-corrected chi connectivity index (χ4v) is 2.69. The summed E-state index contributed by atoms with van der Waals surface area (Å²) in [6, 6.07) is 12.1. The van der Waals surface area contributed by atoms with Crippen LogP contribution in [-0.4, -0.2) is 45.9 Å². The Morgan fingerprint density at radius 1 is 1.17 bits per heavy atom. The van der Waals surface area contributed by atoms with Crippen molar-refractivity contribution in [1.82, 2.24) is 20.0 Å². The lowest BCUT2D eigenvalue weighted by molar-refractivity contribution is 0.0369. The summed E-state index contributed by atoms with van der Waals surface area (Å²) in [6.45, 7) is 2.79. The normalized spacial score (nSPS) is 17.8. The number of hydrogen-bond acceptors (Lipinski definition) is 5. The Bertz CT molecular complexity index is 796. The van der Waals surface area contributed by atoms with Gasteiger partial charge in [-0.3, -0.25) is 0 Å². The highest BCUT2D eigenvalue weighted by Crippen LogP contribution is 2.18. The van der Waals surface area contributed by atoms with Crippen molar-refractivity contribution in [1.29, 1.82) is 0 Å². The van der Waals surface area contributed by atoms with E-state index in [-0.39, 0.29) is 6.10 Å². The zero-order valence-electron chi connectivity index (χ0n) is 12.8. The van der Waals surface area contributed by atoms with E-state index in [1.54, 1.807) is 4.68 Å². The van der Waals surface area contributed by atoms with E-state index in [2.05, 4.69) is 21.4 Å². The fourth-order valence-electron chi connectivity index (χ4n) is 2.69. The summed E-state index contributed by atoms with van der Waals surface area (Å²) < 4.78 is 12.8. The van der Waals surface area contributed by atoms with Gasteiger partial charge >= 0.3 is 0 Å². The third-order valence-corrected chi connectivity index (χ3v) is 3.96. The maximum absolute atomic E-state index is 5.75. The van der Waals surface area contributed by atoms with E-state index in [0.717, 1.165) is 35.3 Å². The van der Waals surface area contributed by atoms with Crippen molar-refractivity contribution in [3.8, 4) is 11.4 Å². The predicted octanol–water partition coefficient (Wildman–Crippen LogP) is 2.30. The van der Waals surface area contributed by atoms with Gasteiger partial charge in [0.15, 0.2) is 0 Å². The second-order valence-electron chi connectivity index (χ2n) is 5.61. The highest BCUT2D eigenvalue weighted by molar-refractivity contribution is 5.80. The van der Waals surface area contributed by atoms with Gasteiger partial charge in [0.05, 0.1) is 43.3 Å². The molecule has 3 heterocycles. The van der Waals surface area contributed by atoms with Crippen molar-refractivity contribution < 1.29 is 9.47 Å². The number of pyridine rings is 1. The van der Waals surface area contributed by atoms with Crippen LogP contribution in [0.1, 0.15) is 6.42 Å². The Kier molecular flexibility index (Phi) is 4.00. The van der Waals surface area contributed by atoms with Gasteiger partial charge in [0, 0.05) is 12.0 Å². The molecule has 1 fully saturated rings. The molecule has 6 heteroatoms. The smallest absolute Gasteiger partial charge is 0.131 e. The number of para-hydroxylation sites is 1. The van der Waals surface area contributed by atoms with E-state index in [1.165, 1.54) is 0 Å². The minimum Gasteiger partial charge on any atom is -0.379 e. The van der Waals surface area contributed by atoms with Gasteiger partial charge in [-0.1, -0.05) is 29.5 Å². The molecule has 0 bridgehead atoms. The molecule has 23 heavy (non-hydrogen) atoms. The van der Waals surface area contributed by atoms with Gasteiger partial charge in [-0.2, -0.15) is 0 Å². The van der Waals surface area contributed by atoms with E-state index >= 15 is 0 Å². The lowest BCUT2D eigenvalue weighted by Gasteiger charge is -2.08. The number of benzene rings is 1. The second kappa shape index (κ2) is 6.44. The monoisotopic (exact) mass is 310 g/mol. The number of rotatable bonds is 5. The molecule has 0 aliphatic carbocycles. The average molecular weight is 310 g/mol. The Labute approximate surface area is 134 Å². The molecule has 0 N–H and O–H groups in total. The maximum atomic E-state index is 5.75. The van der Waals surface area contributed by atoms with Crippen LogP contribution in [0.4, 0.5) is 0 Å². The summed E-state index contributed by atoms with van der Waals surface area (Å²) in [4.78, 5) is 4.64. The summed E-state index contributed by atoms with van der Waals surface area (Å²) >= 11 is 0. The minimum atomic E-state index is 0.222. The Hall–Kier alpha value is -2.31. The van der Waals surface area contributed by atoms with Gasteiger partial charge in [-0.25, -0.2) is 9.67 Å². The molecular formula is C17H18N4O2. The molecule has 0 radical (unpaired) electrons. The Balaban J connectivity index is 1.43. The Morgan fingerprint density at radius 2 is 2.13 bits per heavy atom. The lowest BCUT2D eigenvalue weighted by Crippen LogP contribution is -2.16. The first-order chi connectivity index (χ1) is 11.4. The quantitative estimate of drug-likeness (QED) is 0.723. The van der Waals surface area contributed by atoms with Crippen LogP contribution in [0.2, 0.25) is 0 Å². The topological polar surface area (TPSA) is 62.1 Å². The molecule has 2 aromatic heterocycles. The minimum absolute atomic E-state index is 0.222. The van der Waals surface area contributed by atoms with Gasteiger partial charge in [0.2, 0.25) is 0 Å². The van der Waals surface area contributed by atoms with E-state index in [4.69, 9.17) is 9.47 Å². The highest BCUT2D eigenvalue weighted by atomic mass is 16.5. The molecule has 1 aromatic carbocycles. The van der Waals surface area contributed by atoms with E-state index in [9.17, 15) is 0 Å². The van der Waals surface area contributed by atoms with Crippen LogP contribution >= 0.6 is 0 Å². The van der Waals surface area contributed by atoms with Gasteiger partial charge in [0.1, 0.15) is 5.69 Å². The molecule has 4 rings (SSSR count). The van der Waals surface area contributed by atoms with Crippen molar-refractivity contribution in [2.24, 2.45) is 0 Å². The summed E-state index contributed by atoms with van der Waals surface area (Å²) in [7, 11) is 0.